The largest absolute Gasteiger partial charge is 0.534 e. The van der Waals surface area contributed by atoms with Crippen LogP contribution in [0.25, 0.3) is 0 Å². The first kappa shape index (κ1) is 67.8. The van der Waals surface area contributed by atoms with Gasteiger partial charge in [0.1, 0.15) is 35.8 Å². The molecule has 0 aromatic heterocycles. The zero-order valence-electron chi connectivity index (χ0n) is 49.5. The van der Waals surface area contributed by atoms with Crippen LogP contribution in [0.3, 0.4) is 0 Å². The third-order valence-corrected chi connectivity index (χ3v) is 38.9. The van der Waals surface area contributed by atoms with Crippen LogP contribution < -0.4 is 0 Å². The predicted octanol–water partition coefficient (Wildman–Crippen LogP) is 14.5. The summed E-state index contributed by atoms with van der Waals surface area (Å²) in [4.78, 5) is 0. The maximum atomic E-state index is 13.0. The molecule has 12 nitrogen and oxygen atoms in total. The zero-order chi connectivity index (χ0) is 57.2. The van der Waals surface area contributed by atoms with Crippen molar-refractivity contribution in [2.45, 2.75) is 299 Å². The van der Waals surface area contributed by atoms with Crippen LogP contribution in [0.4, 0.5) is 13.2 Å². The minimum atomic E-state index is -5.82. The SMILES string of the molecule is C=C(OS(=O)(=O)C(F)(F)F)C(C)C[C@H]1CC[C@@H]2O[C@@H](CCC(O)C=C[C@H](O[Si](C)(C)C(C)(C)C)[C@@H]3O[C@H]4CC[C@H](CCO[Si](CC)(CC)CC)O[C@@H]4[C@H](O[Si](C)(C)C(C)(C)C)[C@@H]3O[Si](C)(C)C(C)(C)C)C[C@]2(CI)O1. The smallest absolute Gasteiger partial charge is 0.417 e. The third-order valence-electron chi connectivity index (χ3n) is 18.5. The van der Waals surface area contributed by atoms with E-state index in [4.69, 9.17) is 36.7 Å². The molecule has 4 heterocycles. The molecule has 4 saturated heterocycles. The van der Waals surface area contributed by atoms with Crippen LogP contribution in [0.15, 0.2) is 24.5 Å². The first-order valence-corrected chi connectivity index (χ1v) is 42.3. The van der Waals surface area contributed by atoms with Gasteiger partial charge in [-0.25, -0.2) is 0 Å². The first-order valence-electron chi connectivity index (χ1n) is 28.1. The Bertz CT molecular complexity index is 1980. The summed E-state index contributed by atoms with van der Waals surface area (Å²) in [6.45, 7) is 46.6. The molecule has 0 amide bonds. The molecule has 0 bridgehead atoms. The second-order valence-electron chi connectivity index (χ2n) is 26.9. The van der Waals surface area contributed by atoms with Gasteiger partial charge in [0.2, 0.25) is 0 Å². The van der Waals surface area contributed by atoms with Crippen molar-refractivity contribution < 1.29 is 67.5 Å². The second-order valence-corrected chi connectivity index (χ2v) is 48.3. The molecule has 440 valence electrons. The summed E-state index contributed by atoms with van der Waals surface area (Å²) in [7, 11) is -15.1. The number of allylic oxidation sites excluding steroid dienone is 1. The number of hydrogen-bond donors (Lipinski definition) is 1. The third kappa shape index (κ3) is 16.9. The Kier molecular flexibility index (Phi) is 23.3. The summed E-state index contributed by atoms with van der Waals surface area (Å²) in [5.74, 6) is -1.19. The molecule has 0 saturated carbocycles. The van der Waals surface area contributed by atoms with Crippen LogP contribution in [0.2, 0.25) is 72.5 Å². The van der Waals surface area contributed by atoms with Gasteiger partial charge >= 0.3 is 15.6 Å². The quantitative estimate of drug-likeness (QED) is 0.0177. The number of rotatable bonds is 25. The summed E-state index contributed by atoms with van der Waals surface area (Å²) < 4.78 is 125. The molecule has 0 aliphatic carbocycles. The van der Waals surface area contributed by atoms with Crippen molar-refractivity contribution in [3.8, 4) is 0 Å². The molecule has 4 aliphatic heterocycles. The maximum Gasteiger partial charge on any atom is 0.534 e. The topological polar surface area (TPSA) is 137 Å². The summed E-state index contributed by atoms with van der Waals surface area (Å²) >= 11 is 2.30. The average molecular weight is 1270 g/mol. The van der Waals surface area contributed by atoms with Crippen molar-refractivity contribution in [1.82, 2.24) is 0 Å². The highest BCUT2D eigenvalue weighted by molar-refractivity contribution is 14.1. The summed E-state index contributed by atoms with van der Waals surface area (Å²) in [5.41, 5.74) is -6.19. The fourth-order valence-electron chi connectivity index (χ4n) is 10.1. The minimum absolute atomic E-state index is 0.00316. The van der Waals surface area contributed by atoms with Gasteiger partial charge in [0.15, 0.2) is 33.3 Å². The van der Waals surface area contributed by atoms with Crippen LogP contribution in [0.5, 0.6) is 0 Å². The molecule has 13 atom stereocenters. The first-order chi connectivity index (χ1) is 34.1. The lowest BCUT2D eigenvalue weighted by molar-refractivity contribution is -0.267. The fourth-order valence-corrected chi connectivity index (χ4v) is 18.1. The lowest BCUT2D eigenvalue weighted by atomic mass is 9.85. The number of alkyl halides is 4. The van der Waals surface area contributed by atoms with Crippen molar-refractivity contribution in [3.63, 3.8) is 0 Å². The highest BCUT2D eigenvalue weighted by Crippen LogP contribution is 2.49. The van der Waals surface area contributed by atoms with Crippen LogP contribution in [0.1, 0.15) is 148 Å². The average Bonchev–Trinajstić information content (AvgIpc) is 3.66. The van der Waals surface area contributed by atoms with Gasteiger partial charge in [-0.15, -0.1) is 0 Å². The van der Waals surface area contributed by atoms with Crippen molar-refractivity contribution in [2.24, 2.45) is 5.92 Å². The van der Waals surface area contributed by atoms with Gasteiger partial charge in [0.25, 0.3) is 0 Å². The molecule has 4 fully saturated rings. The Morgan fingerprint density at radius 2 is 1.32 bits per heavy atom. The molecule has 4 aliphatic rings. The lowest BCUT2D eigenvalue weighted by Gasteiger charge is -2.56. The predicted molar refractivity (Wildman–Crippen MR) is 313 cm³/mol. The number of aliphatic hydroxyl groups excluding tert-OH is 1. The van der Waals surface area contributed by atoms with Gasteiger partial charge < -0.3 is 45.9 Å². The molecule has 0 aromatic rings. The molecule has 0 aromatic carbocycles. The van der Waals surface area contributed by atoms with Crippen LogP contribution in [-0.2, 0) is 51.0 Å². The van der Waals surface area contributed by atoms with Crippen molar-refractivity contribution in [2.75, 3.05) is 11.0 Å². The Labute approximate surface area is 470 Å². The number of aliphatic hydroxyl groups is 1. The fraction of sp³-hybridized carbons (Fsp3) is 0.926. The van der Waals surface area contributed by atoms with E-state index in [1.54, 1.807) is 6.92 Å². The van der Waals surface area contributed by atoms with E-state index < -0.39 is 96.7 Å². The highest BCUT2D eigenvalue weighted by atomic mass is 127. The number of fused-ring (bicyclic) bond motifs is 2. The van der Waals surface area contributed by atoms with Crippen LogP contribution in [-0.4, -0.2) is 136 Å². The van der Waals surface area contributed by atoms with Gasteiger partial charge in [-0.2, -0.15) is 21.6 Å². The van der Waals surface area contributed by atoms with Gasteiger partial charge in [0, 0.05) is 23.4 Å². The molecule has 1 N–H and O–H groups in total. The van der Waals surface area contributed by atoms with E-state index >= 15 is 0 Å². The lowest BCUT2D eigenvalue weighted by Crippen LogP contribution is -2.69. The summed E-state index contributed by atoms with van der Waals surface area (Å²) in [6.07, 6.45) is 4.99. The molecule has 2 unspecified atom stereocenters. The number of hydrogen-bond acceptors (Lipinski definition) is 12. The molecular formula is C54H102F3IO12SSi4. The Hall–Kier alpha value is 0.258. The normalized spacial score (nSPS) is 30.2. The molecule has 21 heteroatoms. The summed E-state index contributed by atoms with van der Waals surface area (Å²) in [5, 5.41) is 11.5. The Balaban J connectivity index is 1.64. The van der Waals surface area contributed by atoms with Crippen LogP contribution >= 0.6 is 22.6 Å². The van der Waals surface area contributed by atoms with E-state index in [1.807, 2.05) is 12.2 Å². The van der Waals surface area contributed by atoms with Crippen molar-refractivity contribution >= 4 is 66.0 Å². The standard InChI is InChI=1S/C54H102F3IO12SSi4/c1-21-75(22-2,23-3)62-33-32-40-27-30-43-46(64-40)48(69-73(17,18)51(9,10)11)49(70-74(19,20)52(12,13)14)47(65-43)44(68-72(15,16)50(6,7)8)29-25-39(59)24-26-42-35-53(36-58)45(63-42)31-28-41(66-53)34-37(4)38(5)67-71(60,61)54(55,56)57/h25,29,37,39-49,59H,5,21-24,26-28,30-36H2,1-4,6-20H3/t37?,39?,40-,41-,42+,43+,44+,45+,46+,47+,48+,49-,53-/m1/s1. The minimum Gasteiger partial charge on any atom is -0.417 e. The van der Waals surface area contributed by atoms with Crippen LogP contribution in [0, 0.1) is 5.92 Å². The van der Waals surface area contributed by atoms with Gasteiger partial charge in [-0.3, -0.25) is 0 Å². The molecule has 0 radical (unpaired) electrons. The van der Waals surface area contributed by atoms with E-state index in [2.05, 4.69) is 156 Å². The van der Waals surface area contributed by atoms with E-state index in [0.29, 0.717) is 43.1 Å². The van der Waals surface area contributed by atoms with E-state index in [0.717, 1.165) is 37.4 Å². The van der Waals surface area contributed by atoms with E-state index in [1.165, 1.54) is 0 Å². The van der Waals surface area contributed by atoms with Crippen molar-refractivity contribution in [3.05, 3.63) is 24.5 Å². The summed E-state index contributed by atoms with van der Waals surface area (Å²) in [6, 6.07) is 3.32. The van der Waals surface area contributed by atoms with Gasteiger partial charge in [-0.1, -0.05) is 131 Å². The van der Waals surface area contributed by atoms with Crippen molar-refractivity contribution in [1.29, 1.82) is 0 Å². The molecule has 4 rings (SSSR count). The molecule has 75 heavy (non-hydrogen) atoms. The Morgan fingerprint density at radius 1 is 0.773 bits per heavy atom. The maximum absolute atomic E-state index is 13.0. The highest BCUT2D eigenvalue weighted by Gasteiger charge is 2.58. The monoisotopic (exact) mass is 1270 g/mol. The zero-order valence-corrected chi connectivity index (χ0v) is 56.5. The molecule has 0 spiro atoms. The number of halogens is 4. The van der Waals surface area contributed by atoms with Gasteiger partial charge in [-0.05, 0) is 124 Å². The van der Waals surface area contributed by atoms with Gasteiger partial charge in [0.05, 0.1) is 42.7 Å². The van der Waals surface area contributed by atoms with E-state index in [-0.39, 0.29) is 58.2 Å². The Morgan fingerprint density at radius 3 is 1.84 bits per heavy atom. The molecular weight excluding hydrogens is 1170 g/mol. The van der Waals surface area contributed by atoms with E-state index in [9.17, 15) is 26.7 Å². The number of ether oxygens (including phenoxy) is 4. The second kappa shape index (κ2) is 25.8.